The number of nitrogens with two attached hydrogens (primary N) is 1. The van der Waals surface area contributed by atoms with E-state index in [-0.39, 0.29) is 0 Å². The van der Waals surface area contributed by atoms with Gasteiger partial charge in [0.25, 0.3) is 0 Å². The topological polar surface area (TPSA) is 50.9 Å². The molecule has 0 aliphatic carbocycles. The lowest BCUT2D eigenvalue weighted by atomic mass is 10.1. The first-order valence-electron chi connectivity index (χ1n) is 4.59. The fourth-order valence-electron chi connectivity index (χ4n) is 1.37. The summed E-state index contributed by atoms with van der Waals surface area (Å²) >= 11 is 9.29. The molecule has 0 amide bonds. The van der Waals surface area contributed by atoms with Gasteiger partial charge in [0.05, 0.1) is 0 Å². The molecule has 0 saturated carbocycles. The Labute approximate surface area is 107 Å². The van der Waals surface area contributed by atoms with E-state index in [9.17, 15) is 0 Å². The molecule has 0 bridgehead atoms. The van der Waals surface area contributed by atoms with Crippen LogP contribution in [-0.4, -0.2) is 4.98 Å². The van der Waals surface area contributed by atoms with Gasteiger partial charge in [-0.2, -0.15) is 0 Å². The summed E-state index contributed by atoms with van der Waals surface area (Å²) in [5.74, 6) is 5.94. The van der Waals surface area contributed by atoms with Crippen molar-refractivity contribution >= 4 is 33.3 Å². The lowest BCUT2D eigenvalue weighted by Crippen LogP contribution is -2.08. The lowest BCUT2D eigenvalue weighted by Gasteiger charge is -2.07. The third kappa shape index (κ3) is 2.35. The molecule has 0 unspecified atom stereocenters. The third-order valence-electron chi connectivity index (χ3n) is 2.16. The third-order valence-corrected chi connectivity index (χ3v) is 3.04. The molecule has 0 saturated heterocycles. The summed E-state index contributed by atoms with van der Waals surface area (Å²) in [6.07, 6.45) is 1.71. The van der Waals surface area contributed by atoms with Crippen LogP contribution >= 0.6 is 27.5 Å². The number of benzene rings is 1. The molecule has 2 aromatic rings. The molecule has 0 radical (unpaired) electrons. The number of hydrogen-bond donors (Lipinski definition) is 2. The Morgan fingerprint density at radius 1 is 1.25 bits per heavy atom. The molecule has 0 fully saturated rings. The molecular weight excluding hydrogens is 289 g/mol. The number of pyridine rings is 1. The molecule has 1 aromatic heterocycles. The van der Waals surface area contributed by atoms with Gasteiger partial charge in [-0.15, -0.1) is 0 Å². The zero-order valence-corrected chi connectivity index (χ0v) is 10.6. The number of nitrogens with zero attached hydrogens (tertiary/aromatic N) is 1. The van der Waals surface area contributed by atoms with E-state index in [0.717, 1.165) is 15.6 Å². The molecule has 3 nitrogen and oxygen atoms in total. The Balaban J connectivity index is 2.50. The molecule has 1 heterocycles. The summed E-state index contributed by atoms with van der Waals surface area (Å²) in [5, 5.41) is 0.714. The highest BCUT2D eigenvalue weighted by Gasteiger charge is 2.05. The summed E-state index contributed by atoms with van der Waals surface area (Å²) in [5.41, 5.74) is 4.58. The van der Waals surface area contributed by atoms with Crippen molar-refractivity contribution in [1.82, 2.24) is 4.98 Å². The minimum Gasteiger partial charge on any atom is -0.308 e. The summed E-state index contributed by atoms with van der Waals surface area (Å²) in [4.78, 5) is 4.09. The second-order valence-electron chi connectivity index (χ2n) is 3.20. The monoisotopic (exact) mass is 297 g/mol. The minimum absolute atomic E-state index is 0.619. The van der Waals surface area contributed by atoms with Crippen LogP contribution in [0, 0.1) is 0 Å². The summed E-state index contributed by atoms with van der Waals surface area (Å²) in [6, 6.07) is 9.46. The van der Waals surface area contributed by atoms with E-state index in [1.807, 2.05) is 30.3 Å². The summed E-state index contributed by atoms with van der Waals surface area (Å²) in [7, 11) is 0. The molecule has 1 aromatic carbocycles. The van der Waals surface area contributed by atoms with Gasteiger partial charge >= 0.3 is 0 Å². The van der Waals surface area contributed by atoms with E-state index in [0.29, 0.717) is 10.8 Å². The van der Waals surface area contributed by atoms with Gasteiger partial charge in [-0.05, 0) is 39.7 Å². The van der Waals surface area contributed by atoms with Crippen molar-refractivity contribution in [2.75, 3.05) is 5.43 Å². The van der Waals surface area contributed by atoms with Gasteiger partial charge in [0.1, 0.15) is 5.82 Å². The predicted octanol–water partition coefficient (Wildman–Crippen LogP) is 3.45. The highest BCUT2D eigenvalue weighted by atomic mass is 79.9. The lowest BCUT2D eigenvalue weighted by molar-refractivity contribution is 1.22. The Morgan fingerprint density at radius 3 is 2.56 bits per heavy atom. The number of hydrazine groups is 1. The molecule has 82 valence electrons. The fraction of sp³-hybridized carbons (Fsp3) is 0. The first-order valence-corrected chi connectivity index (χ1v) is 5.76. The predicted molar refractivity (Wildman–Crippen MR) is 70.2 cm³/mol. The summed E-state index contributed by atoms with van der Waals surface area (Å²) in [6.45, 7) is 0. The molecule has 16 heavy (non-hydrogen) atoms. The van der Waals surface area contributed by atoms with Crippen molar-refractivity contribution in [3.63, 3.8) is 0 Å². The van der Waals surface area contributed by atoms with Crippen molar-refractivity contribution in [3.8, 4) is 11.1 Å². The molecule has 0 aliphatic rings. The van der Waals surface area contributed by atoms with Gasteiger partial charge in [0.2, 0.25) is 0 Å². The van der Waals surface area contributed by atoms with Crippen LogP contribution in [0.25, 0.3) is 11.1 Å². The first-order chi connectivity index (χ1) is 7.70. The highest BCUT2D eigenvalue weighted by molar-refractivity contribution is 9.10. The van der Waals surface area contributed by atoms with Crippen LogP contribution in [0.1, 0.15) is 0 Å². The van der Waals surface area contributed by atoms with Crippen molar-refractivity contribution in [1.29, 1.82) is 0 Å². The van der Waals surface area contributed by atoms with Crippen LogP contribution < -0.4 is 11.3 Å². The normalized spacial score (nSPS) is 10.2. The quantitative estimate of drug-likeness (QED) is 0.659. The Kier molecular flexibility index (Phi) is 3.43. The average molecular weight is 299 g/mol. The largest absolute Gasteiger partial charge is 0.308 e. The maximum absolute atomic E-state index is 5.84. The second kappa shape index (κ2) is 4.82. The van der Waals surface area contributed by atoms with Crippen LogP contribution in [0.3, 0.4) is 0 Å². The molecule has 3 N–H and O–H groups in total. The van der Waals surface area contributed by atoms with Crippen LogP contribution in [0.2, 0.25) is 5.02 Å². The van der Waals surface area contributed by atoms with E-state index >= 15 is 0 Å². The van der Waals surface area contributed by atoms with Gasteiger partial charge in [-0.3, -0.25) is 0 Å². The first kappa shape index (κ1) is 11.4. The van der Waals surface area contributed by atoms with Crippen LogP contribution in [-0.2, 0) is 0 Å². The molecular formula is C11H9BrClN3. The molecule has 2 rings (SSSR count). The maximum Gasteiger partial charge on any atom is 0.140 e. The second-order valence-corrected chi connectivity index (χ2v) is 4.49. The fourth-order valence-corrected chi connectivity index (χ4v) is 1.94. The van der Waals surface area contributed by atoms with Gasteiger partial charge in [-0.1, -0.05) is 23.7 Å². The number of hydrogen-bond acceptors (Lipinski definition) is 3. The number of rotatable bonds is 2. The standard InChI is InChI=1S/C11H9BrClN3/c12-10-6-15-11(16-14)5-9(10)7-1-3-8(13)4-2-7/h1-6H,14H2,(H,15,16). The number of halogens is 2. The van der Waals surface area contributed by atoms with Crippen molar-refractivity contribution in [2.45, 2.75) is 0 Å². The Hall–Kier alpha value is -1.10. The zero-order valence-electron chi connectivity index (χ0n) is 8.24. The van der Waals surface area contributed by atoms with E-state index in [2.05, 4.69) is 26.3 Å². The smallest absolute Gasteiger partial charge is 0.140 e. The molecule has 0 aliphatic heterocycles. The van der Waals surface area contributed by atoms with Crippen molar-refractivity contribution < 1.29 is 0 Å². The van der Waals surface area contributed by atoms with E-state index in [1.165, 1.54) is 0 Å². The Bertz CT molecular complexity index is 499. The zero-order chi connectivity index (χ0) is 11.5. The van der Waals surface area contributed by atoms with Crippen LogP contribution in [0.5, 0.6) is 0 Å². The van der Waals surface area contributed by atoms with Crippen molar-refractivity contribution in [3.05, 3.63) is 46.0 Å². The average Bonchev–Trinajstić information content (AvgIpc) is 2.31. The van der Waals surface area contributed by atoms with Gasteiger partial charge in [-0.25, -0.2) is 10.8 Å². The number of aromatic nitrogens is 1. The Morgan fingerprint density at radius 2 is 1.94 bits per heavy atom. The van der Waals surface area contributed by atoms with Gasteiger partial charge in [0, 0.05) is 21.3 Å². The number of nitrogen functional groups attached to an aromatic ring is 1. The van der Waals surface area contributed by atoms with E-state index in [1.54, 1.807) is 6.20 Å². The van der Waals surface area contributed by atoms with Crippen molar-refractivity contribution in [2.24, 2.45) is 5.84 Å². The number of nitrogens with one attached hydrogen (secondary N) is 1. The maximum atomic E-state index is 5.84. The molecule has 5 heteroatoms. The van der Waals surface area contributed by atoms with E-state index in [4.69, 9.17) is 17.4 Å². The SMILES string of the molecule is NNc1cc(-c2ccc(Cl)cc2)c(Br)cn1. The molecule has 0 atom stereocenters. The highest BCUT2D eigenvalue weighted by Crippen LogP contribution is 2.30. The minimum atomic E-state index is 0.619. The van der Waals surface area contributed by atoms with Crippen LogP contribution in [0.4, 0.5) is 5.82 Å². The molecule has 0 spiro atoms. The van der Waals surface area contributed by atoms with Gasteiger partial charge in [0.15, 0.2) is 0 Å². The van der Waals surface area contributed by atoms with Crippen LogP contribution in [0.15, 0.2) is 41.0 Å². The summed E-state index contributed by atoms with van der Waals surface area (Å²) < 4.78 is 0.911. The van der Waals surface area contributed by atoms with E-state index < -0.39 is 0 Å². The number of anilines is 1. The van der Waals surface area contributed by atoms with Gasteiger partial charge < -0.3 is 5.43 Å².